The predicted molar refractivity (Wildman–Crippen MR) is 91.9 cm³/mol. The number of rotatable bonds is 2. The Morgan fingerprint density at radius 2 is 2.26 bits per heavy atom. The van der Waals surface area contributed by atoms with Crippen LogP contribution in [-0.2, 0) is 0 Å². The zero-order valence-electron chi connectivity index (χ0n) is 12.8. The molecule has 2 N–H and O–H groups in total. The molecule has 0 aliphatic heterocycles. The van der Waals surface area contributed by atoms with E-state index in [2.05, 4.69) is 23.0 Å². The largest absolute Gasteiger partial charge is 0.423 e. The molecule has 1 aliphatic rings. The number of hydrogen-bond donors (Lipinski definition) is 2. The maximum absolute atomic E-state index is 11.9. The first-order valence-corrected chi connectivity index (χ1v) is 7.65. The van der Waals surface area contributed by atoms with Crippen LogP contribution in [0, 0.1) is 0 Å². The highest BCUT2D eigenvalue weighted by atomic mass is 16.5. The Bertz CT molecular complexity index is 849. The maximum Gasteiger partial charge on any atom is 0.286 e. The first-order chi connectivity index (χ1) is 11.2. The summed E-state index contributed by atoms with van der Waals surface area (Å²) in [5, 5.41) is 13.9. The summed E-state index contributed by atoms with van der Waals surface area (Å²) in [4.78, 5) is 16.0. The van der Waals surface area contributed by atoms with Crippen molar-refractivity contribution in [3.8, 4) is 0 Å². The summed E-state index contributed by atoms with van der Waals surface area (Å²) in [7, 11) is 0. The Balaban J connectivity index is 1.99. The Hall–Kier alpha value is -2.82. The molecule has 0 aromatic carbocycles. The lowest BCUT2D eigenvalue weighted by molar-refractivity contribution is 0.187. The second-order valence-corrected chi connectivity index (χ2v) is 5.57. The fourth-order valence-electron chi connectivity index (χ4n) is 2.71. The Kier molecular flexibility index (Phi) is 4.28. The third-order valence-corrected chi connectivity index (χ3v) is 3.95. The third-order valence-electron chi connectivity index (χ3n) is 3.95. The number of pyridine rings is 2. The average molecular weight is 309 g/mol. The van der Waals surface area contributed by atoms with Gasteiger partial charge in [0.15, 0.2) is 5.65 Å². The molecule has 0 bridgehead atoms. The van der Waals surface area contributed by atoms with Crippen LogP contribution in [0.15, 0.2) is 65.6 Å². The third kappa shape index (κ3) is 3.18. The molecule has 0 amide bonds. The number of nitrogens with zero attached hydrogens (tertiary/aromatic N) is 2. The minimum absolute atomic E-state index is 0.0310. The van der Waals surface area contributed by atoms with E-state index in [9.17, 15) is 10.0 Å². The molecule has 0 radical (unpaired) electrons. The van der Waals surface area contributed by atoms with E-state index in [1.165, 1.54) is 6.07 Å². The minimum atomic E-state index is -0.510. The van der Waals surface area contributed by atoms with E-state index in [-0.39, 0.29) is 11.7 Å². The van der Waals surface area contributed by atoms with Gasteiger partial charge in [0, 0.05) is 17.6 Å². The van der Waals surface area contributed by atoms with E-state index in [1.54, 1.807) is 12.3 Å². The smallest absolute Gasteiger partial charge is 0.286 e. The quantitative estimate of drug-likeness (QED) is 0.836. The van der Waals surface area contributed by atoms with E-state index < -0.39 is 5.56 Å². The number of hydrogen-bond acceptors (Lipinski definition) is 4. The van der Waals surface area contributed by atoms with Crippen molar-refractivity contribution in [3.05, 3.63) is 71.2 Å². The van der Waals surface area contributed by atoms with Crippen molar-refractivity contribution < 1.29 is 5.21 Å². The first-order valence-electron chi connectivity index (χ1n) is 7.65. The molecule has 1 aliphatic carbocycles. The predicted octanol–water partition coefficient (Wildman–Crippen LogP) is 3.27. The van der Waals surface area contributed by atoms with E-state index in [4.69, 9.17) is 0 Å². The van der Waals surface area contributed by atoms with Gasteiger partial charge in [-0.1, -0.05) is 30.9 Å². The van der Waals surface area contributed by atoms with Gasteiger partial charge in [-0.25, -0.2) is 4.98 Å². The van der Waals surface area contributed by atoms with Gasteiger partial charge >= 0.3 is 0 Å². The summed E-state index contributed by atoms with van der Waals surface area (Å²) in [5.41, 5.74) is 1.36. The highest BCUT2D eigenvalue weighted by molar-refractivity contribution is 5.88. The van der Waals surface area contributed by atoms with Crippen LogP contribution in [0.2, 0.25) is 0 Å². The summed E-state index contributed by atoms with van der Waals surface area (Å²) < 4.78 is 0.572. The normalized spacial score (nSPS) is 21.2. The van der Waals surface area contributed by atoms with Crippen LogP contribution in [0.1, 0.15) is 19.3 Å². The van der Waals surface area contributed by atoms with Crippen molar-refractivity contribution in [2.24, 2.45) is 0 Å². The lowest BCUT2D eigenvalue weighted by Gasteiger charge is -2.21. The van der Waals surface area contributed by atoms with Crippen LogP contribution >= 0.6 is 0 Å². The summed E-state index contributed by atoms with van der Waals surface area (Å²) in [6.45, 7) is 4.12. The SMILES string of the molecule is C=C1/C=C\C=C/CCCC1Nc1cc(=O)n(O)c2ncccc12. The lowest BCUT2D eigenvalue weighted by Crippen LogP contribution is -2.24. The van der Waals surface area contributed by atoms with Crippen LogP contribution in [0.3, 0.4) is 0 Å². The molecule has 23 heavy (non-hydrogen) atoms. The molecular formula is C18H19N3O2. The summed E-state index contributed by atoms with van der Waals surface area (Å²) >= 11 is 0. The van der Waals surface area contributed by atoms with Crippen LogP contribution in [-0.4, -0.2) is 21.0 Å². The van der Waals surface area contributed by atoms with Gasteiger partial charge in [-0.3, -0.25) is 4.79 Å². The summed E-state index contributed by atoms with van der Waals surface area (Å²) in [5.74, 6) is 0. The standard InChI is InChI=1S/C18H19N3O2/c1-13-8-5-3-2-4-6-10-15(13)20-16-12-17(22)21(23)18-14(16)9-7-11-19-18/h2-3,5,7-9,11-12,15,20,23H,1,4,6,10H2/b3-2-,8-5-. The lowest BCUT2D eigenvalue weighted by atomic mass is 10.0. The highest BCUT2D eigenvalue weighted by Crippen LogP contribution is 2.23. The highest BCUT2D eigenvalue weighted by Gasteiger charge is 2.15. The van der Waals surface area contributed by atoms with Gasteiger partial charge in [-0.15, -0.1) is 4.73 Å². The van der Waals surface area contributed by atoms with E-state index >= 15 is 0 Å². The van der Waals surface area contributed by atoms with Gasteiger partial charge in [0.25, 0.3) is 5.56 Å². The molecule has 0 fully saturated rings. The molecule has 1 unspecified atom stereocenters. The molecule has 118 valence electrons. The average Bonchev–Trinajstić information content (AvgIpc) is 2.66. The molecule has 0 spiro atoms. The van der Waals surface area contributed by atoms with Crippen molar-refractivity contribution in [2.75, 3.05) is 5.32 Å². The van der Waals surface area contributed by atoms with Gasteiger partial charge in [-0.05, 0) is 37.0 Å². The first kappa shape index (κ1) is 15.1. The molecule has 0 saturated heterocycles. The van der Waals surface area contributed by atoms with Crippen molar-refractivity contribution in [3.63, 3.8) is 0 Å². The van der Waals surface area contributed by atoms with E-state index in [1.807, 2.05) is 24.3 Å². The van der Waals surface area contributed by atoms with Crippen molar-refractivity contribution >= 4 is 16.7 Å². The molecule has 0 saturated carbocycles. The maximum atomic E-state index is 11.9. The minimum Gasteiger partial charge on any atom is -0.423 e. The van der Waals surface area contributed by atoms with Crippen molar-refractivity contribution in [1.82, 2.24) is 9.71 Å². The van der Waals surface area contributed by atoms with Crippen LogP contribution in [0.4, 0.5) is 5.69 Å². The monoisotopic (exact) mass is 309 g/mol. The number of aromatic nitrogens is 2. The summed E-state index contributed by atoms with van der Waals surface area (Å²) in [6.07, 6.45) is 12.6. The fourth-order valence-corrected chi connectivity index (χ4v) is 2.71. The number of anilines is 1. The van der Waals surface area contributed by atoms with Crippen molar-refractivity contribution in [2.45, 2.75) is 25.3 Å². The Morgan fingerprint density at radius 3 is 3.13 bits per heavy atom. The van der Waals surface area contributed by atoms with Crippen LogP contribution in [0.25, 0.3) is 11.0 Å². The zero-order valence-corrected chi connectivity index (χ0v) is 12.8. The number of fused-ring (bicyclic) bond motifs is 1. The Labute approximate surface area is 134 Å². The number of allylic oxidation sites excluding steroid dienone is 3. The molecule has 5 heteroatoms. The molecule has 2 heterocycles. The molecule has 2 aromatic heterocycles. The second-order valence-electron chi connectivity index (χ2n) is 5.57. The molecule has 3 rings (SSSR count). The molecule has 2 aromatic rings. The van der Waals surface area contributed by atoms with E-state index in [0.29, 0.717) is 15.8 Å². The molecule has 5 nitrogen and oxygen atoms in total. The Morgan fingerprint density at radius 1 is 1.39 bits per heavy atom. The molecule has 1 atom stereocenters. The van der Waals surface area contributed by atoms with Gasteiger partial charge in [0.2, 0.25) is 0 Å². The molecular weight excluding hydrogens is 290 g/mol. The fraction of sp³-hybridized carbons (Fsp3) is 0.222. The number of nitrogens with one attached hydrogen (secondary N) is 1. The van der Waals surface area contributed by atoms with Crippen LogP contribution < -0.4 is 10.9 Å². The van der Waals surface area contributed by atoms with Gasteiger partial charge in [-0.2, -0.15) is 0 Å². The van der Waals surface area contributed by atoms with Crippen LogP contribution in [0.5, 0.6) is 0 Å². The van der Waals surface area contributed by atoms with E-state index in [0.717, 1.165) is 24.8 Å². The van der Waals surface area contributed by atoms with Crippen molar-refractivity contribution in [1.29, 1.82) is 0 Å². The zero-order chi connectivity index (χ0) is 16.2. The summed E-state index contributed by atoms with van der Waals surface area (Å²) in [6, 6.07) is 5.03. The second kappa shape index (κ2) is 6.52. The van der Waals surface area contributed by atoms with Gasteiger partial charge < -0.3 is 10.5 Å². The van der Waals surface area contributed by atoms with Gasteiger partial charge in [0.05, 0.1) is 11.7 Å². The topological polar surface area (TPSA) is 67.2 Å². The van der Waals surface area contributed by atoms with Gasteiger partial charge in [0.1, 0.15) is 0 Å².